The van der Waals surface area contributed by atoms with E-state index in [-0.39, 0.29) is 29.7 Å². The molecule has 1 unspecified atom stereocenters. The van der Waals surface area contributed by atoms with Crippen molar-refractivity contribution in [1.82, 2.24) is 20.6 Å². The van der Waals surface area contributed by atoms with Gasteiger partial charge in [0, 0.05) is 0 Å². The second-order valence-electron chi connectivity index (χ2n) is 8.50. The fraction of sp³-hybridized carbons (Fsp3) is 0.333. The molecule has 0 aliphatic heterocycles. The van der Waals surface area contributed by atoms with Gasteiger partial charge in [-0.25, -0.2) is 4.98 Å². The summed E-state index contributed by atoms with van der Waals surface area (Å²) in [7, 11) is 0. The van der Waals surface area contributed by atoms with Crippen LogP contribution in [0.5, 0.6) is 11.5 Å². The Morgan fingerprint density at radius 2 is 1.97 bits per heavy atom. The normalized spacial score (nSPS) is 15.2. The number of amides is 2. The number of aliphatic hydroxyl groups excluding tert-OH is 1. The van der Waals surface area contributed by atoms with E-state index in [1.165, 1.54) is 42.7 Å². The number of alkyl halides is 3. The van der Waals surface area contributed by atoms with Gasteiger partial charge in [-0.2, -0.15) is 13.2 Å². The van der Waals surface area contributed by atoms with E-state index in [1.54, 1.807) is 12.4 Å². The largest absolute Gasteiger partial charge is 0.455 e. The molecule has 1 saturated carbocycles. The van der Waals surface area contributed by atoms with Gasteiger partial charge in [-0.05, 0) is 56.5 Å². The number of carbonyl (C=O) groups excluding carboxylic acids is 2. The van der Waals surface area contributed by atoms with Crippen LogP contribution in [-0.4, -0.2) is 32.4 Å². The number of pyridine rings is 1. The van der Waals surface area contributed by atoms with E-state index >= 15 is 0 Å². The van der Waals surface area contributed by atoms with Gasteiger partial charge in [0.05, 0.1) is 41.3 Å². The second-order valence-corrected chi connectivity index (χ2v) is 9.36. The van der Waals surface area contributed by atoms with Crippen molar-refractivity contribution in [1.29, 1.82) is 0 Å². The van der Waals surface area contributed by atoms with Gasteiger partial charge in [0.15, 0.2) is 0 Å². The maximum atomic E-state index is 13.5. The number of nitrogens with one attached hydrogen (secondary N) is 2. The Morgan fingerprint density at radius 3 is 2.53 bits per heavy atom. The second kappa shape index (κ2) is 9.86. The molecule has 2 heterocycles. The first kappa shape index (κ1) is 25.6. The topological polar surface area (TPSA) is 113 Å². The lowest BCUT2D eigenvalue weighted by molar-refractivity contribution is -0.138. The minimum atomic E-state index is -4.68. The van der Waals surface area contributed by atoms with Crippen LogP contribution < -0.4 is 15.4 Å². The van der Waals surface area contributed by atoms with Gasteiger partial charge in [-0.3, -0.25) is 14.6 Å². The van der Waals surface area contributed by atoms with E-state index in [4.69, 9.17) is 4.74 Å². The van der Waals surface area contributed by atoms with Crippen molar-refractivity contribution < 1.29 is 32.6 Å². The van der Waals surface area contributed by atoms with Gasteiger partial charge in [-0.1, -0.05) is 6.07 Å². The Morgan fingerprint density at radius 1 is 1.22 bits per heavy atom. The number of aliphatic hydroxyl groups is 1. The Hall–Kier alpha value is -3.51. The number of carbonyl (C=O) groups is 2. The number of nitrogens with zero attached hydrogens (tertiary/aromatic N) is 2. The van der Waals surface area contributed by atoms with Crippen LogP contribution in [0, 0.1) is 6.92 Å². The molecule has 1 aliphatic carbocycles. The standard InChI is InChI=1S/C24H23F3N4O4S/c1-13-20(36-12-30-13)21(33)31-23(7-8-23)22(34)29-10-16-4-5-17(11-28-16)35-19-6-3-15(14(2)32)9-18(19)24(25,26)27/h3-6,9,11-12,14,32H,7-8,10H2,1-2H3,(H,29,34)(H,31,33). The average Bonchev–Trinajstić information content (AvgIpc) is 3.48. The first-order valence-electron chi connectivity index (χ1n) is 11.0. The van der Waals surface area contributed by atoms with Crippen molar-refractivity contribution in [3.05, 3.63) is 69.4 Å². The van der Waals surface area contributed by atoms with Gasteiger partial charge in [0.1, 0.15) is 21.9 Å². The van der Waals surface area contributed by atoms with Gasteiger partial charge >= 0.3 is 6.18 Å². The maximum absolute atomic E-state index is 13.5. The predicted molar refractivity (Wildman–Crippen MR) is 125 cm³/mol. The van der Waals surface area contributed by atoms with Crippen LogP contribution in [-0.2, 0) is 17.5 Å². The summed E-state index contributed by atoms with van der Waals surface area (Å²) in [5, 5.41) is 15.1. The third kappa shape index (κ3) is 5.65. The summed E-state index contributed by atoms with van der Waals surface area (Å²) in [4.78, 5) is 33.8. The molecular weight excluding hydrogens is 497 g/mol. The molecule has 8 nitrogen and oxygen atoms in total. The first-order valence-corrected chi connectivity index (χ1v) is 11.9. The first-order chi connectivity index (χ1) is 17.0. The Balaban J connectivity index is 1.37. The van der Waals surface area contributed by atoms with Crippen LogP contribution in [0.3, 0.4) is 0 Å². The Kier molecular flexibility index (Phi) is 7.01. The quantitative estimate of drug-likeness (QED) is 0.409. The van der Waals surface area contributed by atoms with Crippen LogP contribution in [0.2, 0.25) is 0 Å². The molecule has 0 radical (unpaired) electrons. The molecule has 1 fully saturated rings. The summed E-state index contributed by atoms with van der Waals surface area (Å²) in [6.45, 7) is 3.16. The molecule has 0 saturated heterocycles. The molecule has 190 valence electrons. The van der Waals surface area contributed by atoms with E-state index in [1.807, 2.05) is 0 Å². The molecule has 1 atom stereocenters. The average molecular weight is 521 g/mol. The zero-order chi connectivity index (χ0) is 26.1. The number of benzene rings is 1. The van der Waals surface area contributed by atoms with Crippen LogP contribution in [0.4, 0.5) is 13.2 Å². The molecule has 1 aromatic carbocycles. The third-order valence-electron chi connectivity index (χ3n) is 5.74. The number of ether oxygens (including phenoxy) is 1. The van der Waals surface area contributed by atoms with Crippen LogP contribution in [0.25, 0.3) is 0 Å². The zero-order valence-corrected chi connectivity index (χ0v) is 20.2. The number of thiazole rings is 1. The number of aryl methyl sites for hydroxylation is 1. The molecule has 0 bridgehead atoms. The van der Waals surface area contributed by atoms with Crippen molar-refractivity contribution in [2.24, 2.45) is 0 Å². The monoisotopic (exact) mass is 520 g/mol. The highest BCUT2D eigenvalue weighted by Crippen LogP contribution is 2.39. The van der Waals surface area contributed by atoms with Crippen molar-refractivity contribution in [3.8, 4) is 11.5 Å². The summed E-state index contributed by atoms with van der Waals surface area (Å²) in [5.41, 5.74) is 0.756. The Bertz CT molecular complexity index is 1270. The predicted octanol–water partition coefficient (Wildman–Crippen LogP) is 4.29. The molecule has 3 aromatic rings. The smallest absolute Gasteiger partial charge is 0.419 e. The number of hydrogen-bond acceptors (Lipinski definition) is 7. The number of aromatic nitrogens is 2. The minimum Gasteiger partial charge on any atom is -0.455 e. The lowest BCUT2D eigenvalue weighted by Crippen LogP contribution is -2.48. The van der Waals surface area contributed by atoms with E-state index in [0.717, 1.165) is 12.1 Å². The van der Waals surface area contributed by atoms with Crippen LogP contribution in [0.15, 0.2) is 42.0 Å². The van der Waals surface area contributed by atoms with Crippen LogP contribution >= 0.6 is 11.3 Å². The van der Waals surface area contributed by atoms with Gasteiger partial charge in [-0.15, -0.1) is 11.3 Å². The van der Waals surface area contributed by atoms with Gasteiger partial charge in [0.25, 0.3) is 5.91 Å². The fourth-order valence-corrected chi connectivity index (χ4v) is 4.19. The van der Waals surface area contributed by atoms with E-state index < -0.39 is 29.1 Å². The maximum Gasteiger partial charge on any atom is 0.419 e. The van der Waals surface area contributed by atoms with E-state index in [2.05, 4.69) is 20.6 Å². The molecule has 36 heavy (non-hydrogen) atoms. The minimum absolute atomic E-state index is 0.0627. The lowest BCUT2D eigenvalue weighted by Gasteiger charge is -2.17. The summed E-state index contributed by atoms with van der Waals surface area (Å²) in [5.74, 6) is -1.03. The summed E-state index contributed by atoms with van der Waals surface area (Å²) in [6.07, 6.45) is -3.46. The van der Waals surface area contributed by atoms with Crippen molar-refractivity contribution in [2.45, 2.75) is 51.1 Å². The van der Waals surface area contributed by atoms with Crippen molar-refractivity contribution in [2.75, 3.05) is 0 Å². The fourth-order valence-electron chi connectivity index (χ4n) is 3.49. The highest BCUT2D eigenvalue weighted by Gasteiger charge is 2.51. The molecule has 4 rings (SSSR count). The molecule has 1 aliphatic rings. The number of halogens is 3. The molecule has 3 N–H and O–H groups in total. The third-order valence-corrected chi connectivity index (χ3v) is 6.66. The lowest BCUT2D eigenvalue weighted by atomic mass is 10.1. The highest BCUT2D eigenvalue weighted by atomic mass is 32.1. The zero-order valence-electron chi connectivity index (χ0n) is 19.3. The summed E-state index contributed by atoms with van der Waals surface area (Å²) < 4.78 is 45.8. The number of hydrogen-bond donors (Lipinski definition) is 3. The SMILES string of the molecule is Cc1ncsc1C(=O)NC1(C(=O)NCc2ccc(Oc3ccc(C(C)O)cc3C(F)(F)F)cn2)CC1. The molecule has 0 spiro atoms. The van der Waals surface area contributed by atoms with Crippen molar-refractivity contribution in [3.63, 3.8) is 0 Å². The van der Waals surface area contributed by atoms with Gasteiger partial charge in [0.2, 0.25) is 5.91 Å². The summed E-state index contributed by atoms with van der Waals surface area (Å²) in [6, 6.07) is 6.32. The van der Waals surface area contributed by atoms with E-state index in [9.17, 15) is 27.9 Å². The molecule has 12 heteroatoms. The van der Waals surface area contributed by atoms with Crippen LogP contribution in [0.1, 0.15) is 58.1 Å². The summed E-state index contributed by atoms with van der Waals surface area (Å²) >= 11 is 1.20. The Labute approximate surface area is 208 Å². The number of rotatable bonds is 8. The highest BCUT2D eigenvalue weighted by molar-refractivity contribution is 7.11. The molecule has 2 amide bonds. The van der Waals surface area contributed by atoms with Crippen molar-refractivity contribution >= 4 is 23.2 Å². The van der Waals surface area contributed by atoms with E-state index in [0.29, 0.717) is 29.1 Å². The molecular formula is C24H23F3N4O4S. The molecule has 2 aromatic heterocycles. The van der Waals surface area contributed by atoms with Gasteiger partial charge < -0.3 is 20.5 Å².